The number of allylic oxidation sites excluding steroid dienone is 2. The molecule has 0 aliphatic heterocycles. The average Bonchev–Trinajstić information content (AvgIpc) is 1.12. The summed E-state index contributed by atoms with van der Waals surface area (Å²) < 4.78 is 0. The van der Waals surface area contributed by atoms with Gasteiger partial charge in [-0.25, -0.2) is 0 Å². The molecule has 0 aromatic carbocycles. The van der Waals surface area contributed by atoms with Gasteiger partial charge in [0, 0.05) is 48.2 Å². The maximum atomic E-state index is 15.1. The van der Waals surface area contributed by atoms with Gasteiger partial charge in [0.25, 0.3) is 0 Å². The van der Waals surface area contributed by atoms with Crippen LogP contribution in [0.4, 0.5) is 0 Å². The Labute approximate surface area is 535 Å². The second-order valence-corrected chi connectivity index (χ2v) is 28.0. The van der Waals surface area contributed by atoms with E-state index in [1.54, 1.807) is 54.7 Å². The van der Waals surface area contributed by atoms with Crippen LogP contribution in [0, 0.1) is 53.3 Å². The highest BCUT2D eigenvalue weighted by molar-refractivity contribution is 5.99. The number of amides is 10. The Bertz CT molecular complexity index is 2370. The molecule has 0 fully saturated rings. The van der Waals surface area contributed by atoms with Gasteiger partial charge in [-0.05, 0) is 120 Å². The summed E-state index contributed by atoms with van der Waals surface area (Å²) in [6.07, 6.45) is 3.97. The van der Waals surface area contributed by atoms with Gasteiger partial charge >= 0.3 is 0 Å². The molecule has 0 aliphatic rings. The zero-order chi connectivity index (χ0) is 69.6. The van der Waals surface area contributed by atoms with Gasteiger partial charge in [0.15, 0.2) is 5.78 Å². The number of carbonyl (C=O) groups is 11. The Morgan fingerprint density at radius 2 is 0.787 bits per heavy atom. The lowest BCUT2D eigenvalue weighted by molar-refractivity contribution is -0.156. The maximum Gasteiger partial charge on any atom is 0.246 e. The molecule has 1 unspecified atom stereocenters. The van der Waals surface area contributed by atoms with Crippen molar-refractivity contribution in [1.82, 2.24) is 50.7 Å². The number of ketones is 1. The number of rotatable bonds is 38. The molecule has 512 valence electrons. The predicted octanol–water partition coefficient (Wildman–Crippen LogP) is 6.07. The topological polar surface area (TPSA) is 276 Å². The summed E-state index contributed by atoms with van der Waals surface area (Å²) in [6, 6.07) is -11.3. The van der Waals surface area contributed by atoms with E-state index in [-0.39, 0.29) is 72.9 Å². The summed E-state index contributed by atoms with van der Waals surface area (Å²) in [5, 5.41) is 23.1. The van der Waals surface area contributed by atoms with E-state index >= 15 is 9.59 Å². The highest BCUT2D eigenvalue weighted by atomic mass is 16.3. The minimum atomic E-state index is -1.58. The Hall–Kier alpha value is -5.93. The number of nitrogens with zero attached hydrogens (tertiary/aromatic N) is 6. The number of hydrogen-bond acceptors (Lipinski definition) is 12. The van der Waals surface area contributed by atoms with Crippen LogP contribution in [-0.2, 0) is 52.7 Å². The molecule has 0 aromatic heterocycles. The summed E-state index contributed by atoms with van der Waals surface area (Å²) in [5.74, 6) is -8.15. The minimum Gasteiger partial charge on any atom is -0.390 e. The van der Waals surface area contributed by atoms with Crippen LogP contribution in [0.5, 0.6) is 0 Å². The second kappa shape index (κ2) is 38.7. The molecule has 10 amide bonds. The summed E-state index contributed by atoms with van der Waals surface area (Å²) in [6.45, 7) is 37.7. The normalized spacial score (nSPS) is 16.3. The smallest absolute Gasteiger partial charge is 0.246 e. The molecule has 0 saturated heterocycles. The van der Waals surface area contributed by atoms with Crippen molar-refractivity contribution in [2.24, 2.45) is 53.3 Å². The lowest BCUT2D eigenvalue weighted by Gasteiger charge is -2.41. The van der Waals surface area contributed by atoms with Gasteiger partial charge in [0.2, 0.25) is 59.1 Å². The third-order valence-corrected chi connectivity index (χ3v) is 16.8. The van der Waals surface area contributed by atoms with Gasteiger partial charge in [-0.15, -0.1) is 0 Å². The number of carbonyl (C=O) groups excluding carboxylic acids is 11. The Morgan fingerprint density at radius 1 is 0.404 bits per heavy atom. The third-order valence-electron chi connectivity index (χ3n) is 16.8. The van der Waals surface area contributed by atoms with E-state index < -0.39 is 137 Å². The number of likely N-dealkylation sites (N-methyl/N-ethyl adjacent to an activating group) is 6. The molecular formula is C67H122N10O12. The minimum absolute atomic E-state index is 0.00494. The highest BCUT2D eigenvalue weighted by Crippen LogP contribution is 2.26. The van der Waals surface area contributed by atoms with Crippen molar-refractivity contribution < 1.29 is 57.8 Å². The van der Waals surface area contributed by atoms with E-state index in [1.807, 2.05) is 89.2 Å². The van der Waals surface area contributed by atoms with Crippen LogP contribution in [0.3, 0.4) is 0 Å². The maximum absolute atomic E-state index is 15.1. The van der Waals surface area contributed by atoms with Crippen molar-refractivity contribution in [3.63, 3.8) is 0 Å². The molecule has 5 N–H and O–H groups in total. The van der Waals surface area contributed by atoms with Gasteiger partial charge in [0.05, 0.1) is 12.1 Å². The molecule has 0 heterocycles. The van der Waals surface area contributed by atoms with Crippen LogP contribution < -0.4 is 21.3 Å². The third kappa shape index (κ3) is 25.3. The van der Waals surface area contributed by atoms with Crippen LogP contribution in [0.25, 0.3) is 0 Å². The molecule has 0 rings (SSSR count). The second-order valence-electron chi connectivity index (χ2n) is 28.0. The van der Waals surface area contributed by atoms with Gasteiger partial charge in [-0.3, -0.25) is 52.7 Å². The number of nitrogens with one attached hydrogen (secondary N) is 4. The standard InChI is InChI=1S/C67H122N10O12/c1-28-30-31-44(17)57(79)56(77(27)67(89)55(43(15)16)76(26)65(87)53(36-41(11)12)74(24)62(84)45(18)32-37(3)4)61(83)70-49(29-2)63(85)75(25)52(35-40(9)10)64(86)72(22)51(34-39(7)8)60(82)71-54(42(13)14)66(88)73(23)50(33-38(5)6)59(81)69-47(20)58(80)68-46(19)48(21)78/h28,30,37-47,49-57,79H,29,31-36H2,1-27H3,(H,68,80)(H,69,81)(H,70,83)(H,71,82)/t44-,45-,46-,47+,49+,50+,51+,52?,53+,54+,55+,56+,57-/m1/s1. The van der Waals surface area contributed by atoms with Crippen molar-refractivity contribution in [3.05, 3.63) is 12.2 Å². The molecule has 0 radical (unpaired) electrons. The lowest BCUT2D eigenvalue weighted by atomic mass is 9.91. The first-order chi connectivity index (χ1) is 40.9. The SMILES string of the molecule is CC=CC[C@@H](C)[C@@H](O)[C@@H](C(=O)N[C@@H](CC)C(=O)N(C)C(CC(C)C)C(=O)N(C)[C@@H](CC(C)C)C(=O)N[C@H](C(=O)N(C)[C@@H](CC(C)C)C(=O)N[C@@H](C)C(=O)N[C@H](C)C(C)=O)C(C)C)N(C)C(=O)[C@H](C(C)C)N(C)C(=O)[C@H](CC(C)C)N(C)C(=O)[C@H](C)CC(C)C. The monoisotopic (exact) mass is 1260 g/mol. The van der Waals surface area contributed by atoms with E-state index in [9.17, 15) is 48.3 Å². The van der Waals surface area contributed by atoms with E-state index in [1.165, 1.54) is 80.5 Å². The van der Waals surface area contributed by atoms with Gasteiger partial charge in [-0.2, -0.15) is 0 Å². The quantitative estimate of drug-likeness (QED) is 0.0441. The van der Waals surface area contributed by atoms with Crippen LogP contribution in [0.1, 0.15) is 190 Å². The fourth-order valence-electron chi connectivity index (χ4n) is 11.1. The van der Waals surface area contributed by atoms with Crippen LogP contribution in [0.2, 0.25) is 0 Å². The van der Waals surface area contributed by atoms with Crippen molar-refractivity contribution >= 4 is 64.9 Å². The van der Waals surface area contributed by atoms with Crippen LogP contribution in [0.15, 0.2) is 12.2 Å². The highest BCUT2D eigenvalue weighted by Gasteiger charge is 2.45. The van der Waals surface area contributed by atoms with Crippen LogP contribution in [-0.4, -0.2) is 208 Å². The lowest BCUT2D eigenvalue weighted by Crippen LogP contribution is -2.63. The average molecular weight is 1260 g/mol. The molecule has 89 heavy (non-hydrogen) atoms. The van der Waals surface area contributed by atoms with E-state index in [0.29, 0.717) is 19.3 Å². The zero-order valence-corrected chi connectivity index (χ0v) is 59.8. The summed E-state index contributed by atoms with van der Waals surface area (Å²) >= 11 is 0. The molecule has 0 aromatic rings. The van der Waals surface area contributed by atoms with Gasteiger partial charge in [-0.1, -0.05) is 130 Å². The zero-order valence-electron chi connectivity index (χ0n) is 59.8. The Balaban J connectivity index is 7.37. The number of aliphatic hydroxyl groups is 1. The van der Waals surface area contributed by atoms with Crippen LogP contribution >= 0.6 is 0 Å². The Morgan fingerprint density at radius 3 is 1.19 bits per heavy atom. The molecule has 13 atom stereocenters. The van der Waals surface area contributed by atoms with E-state index in [4.69, 9.17) is 0 Å². The van der Waals surface area contributed by atoms with Crippen molar-refractivity contribution in [1.29, 1.82) is 0 Å². The number of Topliss-reactive ketones (excluding diaryl/α,β-unsaturated/α-hetero) is 1. The molecular weight excluding hydrogens is 1140 g/mol. The summed E-state index contributed by atoms with van der Waals surface area (Å²) in [4.78, 5) is 164. The summed E-state index contributed by atoms with van der Waals surface area (Å²) in [5.41, 5.74) is 0. The molecule has 22 nitrogen and oxygen atoms in total. The summed E-state index contributed by atoms with van der Waals surface area (Å²) in [7, 11) is 8.89. The number of aliphatic hydroxyl groups excluding tert-OH is 1. The fourth-order valence-corrected chi connectivity index (χ4v) is 11.1. The largest absolute Gasteiger partial charge is 0.390 e. The van der Waals surface area contributed by atoms with E-state index in [0.717, 1.165) is 4.90 Å². The van der Waals surface area contributed by atoms with E-state index in [2.05, 4.69) is 21.3 Å². The predicted molar refractivity (Wildman–Crippen MR) is 350 cm³/mol. The molecule has 0 bridgehead atoms. The van der Waals surface area contributed by atoms with Crippen molar-refractivity contribution in [2.45, 2.75) is 257 Å². The van der Waals surface area contributed by atoms with Crippen molar-refractivity contribution in [2.75, 3.05) is 42.3 Å². The molecule has 0 spiro atoms. The Kier molecular flexibility index (Phi) is 36.1. The first kappa shape index (κ1) is 83.1. The van der Waals surface area contributed by atoms with Gasteiger partial charge < -0.3 is 55.8 Å². The molecule has 22 heteroatoms. The van der Waals surface area contributed by atoms with Crippen molar-refractivity contribution in [3.8, 4) is 0 Å². The van der Waals surface area contributed by atoms with Gasteiger partial charge in [0.1, 0.15) is 54.4 Å². The fraction of sp³-hybridized carbons (Fsp3) is 0.806. The molecule has 0 aliphatic carbocycles. The molecule has 0 saturated carbocycles. The number of hydrogen-bond donors (Lipinski definition) is 5. The first-order valence-corrected chi connectivity index (χ1v) is 32.6. The first-order valence-electron chi connectivity index (χ1n) is 32.6.